The van der Waals surface area contributed by atoms with Crippen LogP contribution in [0.1, 0.15) is 11.3 Å². The van der Waals surface area contributed by atoms with E-state index in [1.54, 1.807) is 4.68 Å². The van der Waals surface area contributed by atoms with Crippen molar-refractivity contribution < 1.29 is 13.2 Å². The molecule has 0 saturated carbocycles. The summed E-state index contributed by atoms with van der Waals surface area (Å²) in [7, 11) is 0. The van der Waals surface area contributed by atoms with Gasteiger partial charge in [0.25, 0.3) is 0 Å². The molecule has 4 aromatic rings. The van der Waals surface area contributed by atoms with Crippen LogP contribution in [0.2, 0.25) is 0 Å². The maximum absolute atomic E-state index is 13.9. The summed E-state index contributed by atoms with van der Waals surface area (Å²) in [5.41, 5.74) is 3.74. The minimum Gasteiger partial charge on any atom is -0.224 e. The first-order valence-electron chi connectivity index (χ1n) is 8.18. The first-order valence-corrected chi connectivity index (χ1v) is 9.06. The Morgan fingerprint density at radius 2 is 1.59 bits per heavy atom. The van der Waals surface area contributed by atoms with Gasteiger partial charge in [-0.3, -0.25) is 0 Å². The number of nitrogens with zero attached hydrogens (tertiary/aromatic N) is 3. The van der Waals surface area contributed by atoms with Crippen LogP contribution in [-0.4, -0.2) is 14.8 Å². The average Bonchev–Trinajstić information content (AvgIpc) is 3.23. The van der Waals surface area contributed by atoms with Crippen LogP contribution in [-0.2, 0) is 0 Å². The van der Waals surface area contributed by atoms with Gasteiger partial charge < -0.3 is 0 Å². The Balaban J connectivity index is 2.01. The lowest BCUT2D eigenvalue weighted by molar-refractivity contribution is 0.447. The van der Waals surface area contributed by atoms with Crippen molar-refractivity contribution in [1.29, 1.82) is 0 Å². The first-order chi connectivity index (χ1) is 13.0. The van der Waals surface area contributed by atoms with E-state index in [9.17, 15) is 13.2 Å². The van der Waals surface area contributed by atoms with E-state index in [0.29, 0.717) is 16.5 Å². The van der Waals surface area contributed by atoms with Crippen molar-refractivity contribution in [2.24, 2.45) is 0 Å². The fraction of sp³-hybridized carbons (Fsp3) is 0.100. The fourth-order valence-electron chi connectivity index (χ4n) is 2.97. The van der Waals surface area contributed by atoms with Gasteiger partial charge in [0.05, 0.1) is 17.1 Å². The molecule has 0 unspecified atom stereocenters. The van der Waals surface area contributed by atoms with Gasteiger partial charge in [0.2, 0.25) is 5.13 Å². The van der Waals surface area contributed by atoms with Crippen LogP contribution in [0.4, 0.5) is 13.2 Å². The van der Waals surface area contributed by atoms with Crippen molar-refractivity contribution in [3.05, 3.63) is 76.6 Å². The van der Waals surface area contributed by atoms with Crippen molar-refractivity contribution in [2.45, 2.75) is 13.8 Å². The van der Waals surface area contributed by atoms with Gasteiger partial charge in [-0.05, 0) is 26.0 Å². The smallest absolute Gasteiger partial charge is 0.211 e. The lowest BCUT2D eigenvalue weighted by atomic mass is 10.0. The maximum atomic E-state index is 13.9. The van der Waals surface area contributed by atoms with Crippen LogP contribution in [0.3, 0.4) is 0 Å². The predicted octanol–water partition coefficient (Wildman–Crippen LogP) is 5.70. The van der Waals surface area contributed by atoms with Crippen LogP contribution in [0, 0.1) is 31.3 Å². The molecule has 7 heteroatoms. The van der Waals surface area contributed by atoms with Gasteiger partial charge in [-0.1, -0.05) is 30.3 Å². The summed E-state index contributed by atoms with van der Waals surface area (Å²) in [4.78, 5) is 4.44. The molecule has 0 N–H and O–H groups in total. The number of aryl methyl sites for hydroxylation is 1. The molecule has 0 fully saturated rings. The van der Waals surface area contributed by atoms with Gasteiger partial charge in [-0.25, -0.2) is 22.8 Å². The SMILES string of the molecule is Cc1csc(-n2nc(-c3ccccc3)c(C)c2-c2cc(F)c(F)c(F)c2)n1. The molecule has 2 aromatic carbocycles. The van der Waals surface area contributed by atoms with Gasteiger partial charge in [0.15, 0.2) is 17.5 Å². The highest BCUT2D eigenvalue weighted by molar-refractivity contribution is 7.12. The summed E-state index contributed by atoms with van der Waals surface area (Å²) in [5, 5.41) is 7.08. The van der Waals surface area contributed by atoms with Crippen LogP contribution in [0.25, 0.3) is 27.6 Å². The molecule has 3 nitrogen and oxygen atoms in total. The summed E-state index contributed by atoms with van der Waals surface area (Å²) in [6.45, 7) is 3.67. The number of hydrogen-bond donors (Lipinski definition) is 0. The van der Waals surface area contributed by atoms with Crippen molar-refractivity contribution >= 4 is 11.3 Å². The normalized spacial score (nSPS) is 11.1. The zero-order valence-electron chi connectivity index (χ0n) is 14.5. The molecule has 0 spiro atoms. The molecular weight excluding hydrogens is 371 g/mol. The highest BCUT2D eigenvalue weighted by Gasteiger charge is 2.22. The summed E-state index contributed by atoms with van der Waals surface area (Å²) in [6, 6.07) is 11.4. The molecule has 0 aliphatic rings. The lowest BCUT2D eigenvalue weighted by Gasteiger charge is -2.07. The minimum atomic E-state index is -1.49. The largest absolute Gasteiger partial charge is 0.224 e. The number of hydrogen-bond acceptors (Lipinski definition) is 3. The zero-order chi connectivity index (χ0) is 19.1. The van der Waals surface area contributed by atoms with Crippen LogP contribution in [0.5, 0.6) is 0 Å². The lowest BCUT2D eigenvalue weighted by Crippen LogP contribution is -2.01. The van der Waals surface area contributed by atoms with E-state index in [0.717, 1.165) is 29.0 Å². The van der Waals surface area contributed by atoms with Crippen LogP contribution in [0.15, 0.2) is 47.8 Å². The van der Waals surface area contributed by atoms with Gasteiger partial charge in [0.1, 0.15) is 0 Å². The predicted molar refractivity (Wildman–Crippen MR) is 99.5 cm³/mol. The number of thiazole rings is 1. The summed E-state index contributed by atoms with van der Waals surface area (Å²) < 4.78 is 42.7. The molecule has 2 heterocycles. The molecular formula is C20H14F3N3S. The second-order valence-corrected chi connectivity index (χ2v) is 6.96. The van der Waals surface area contributed by atoms with E-state index in [2.05, 4.69) is 10.1 Å². The fourth-order valence-corrected chi connectivity index (χ4v) is 3.73. The molecule has 2 aromatic heterocycles. The number of aromatic nitrogens is 3. The molecule has 0 aliphatic heterocycles. The molecule has 27 heavy (non-hydrogen) atoms. The number of benzene rings is 2. The highest BCUT2D eigenvalue weighted by Crippen LogP contribution is 2.35. The van der Waals surface area contributed by atoms with E-state index >= 15 is 0 Å². The Morgan fingerprint density at radius 3 is 2.19 bits per heavy atom. The second-order valence-electron chi connectivity index (χ2n) is 6.13. The molecule has 0 saturated heterocycles. The topological polar surface area (TPSA) is 30.7 Å². The van der Waals surface area contributed by atoms with E-state index in [-0.39, 0.29) is 5.56 Å². The van der Waals surface area contributed by atoms with Crippen LogP contribution < -0.4 is 0 Å². The van der Waals surface area contributed by atoms with Crippen molar-refractivity contribution in [3.8, 4) is 27.6 Å². The highest BCUT2D eigenvalue weighted by atomic mass is 32.1. The first kappa shape index (κ1) is 17.5. The minimum absolute atomic E-state index is 0.200. The van der Waals surface area contributed by atoms with E-state index in [1.807, 2.05) is 49.6 Å². The van der Waals surface area contributed by atoms with E-state index in [4.69, 9.17) is 0 Å². The molecule has 0 amide bonds. The Morgan fingerprint density at radius 1 is 0.926 bits per heavy atom. The van der Waals surface area contributed by atoms with Gasteiger partial charge >= 0.3 is 0 Å². The Kier molecular flexibility index (Phi) is 4.31. The standard InChI is InChI=1S/C20H14F3N3S/c1-11-10-27-20(24-11)26-19(14-8-15(21)17(23)16(22)9-14)12(2)18(25-26)13-6-4-3-5-7-13/h3-10H,1-2H3. The monoisotopic (exact) mass is 385 g/mol. The third-order valence-corrected chi connectivity index (χ3v) is 5.15. The third kappa shape index (κ3) is 3.04. The number of halogens is 3. The third-order valence-electron chi connectivity index (χ3n) is 4.21. The second kappa shape index (κ2) is 6.66. The van der Waals surface area contributed by atoms with Crippen LogP contribution >= 0.6 is 11.3 Å². The molecule has 0 radical (unpaired) electrons. The summed E-state index contributed by atoms with van der Waals surface area (Å²) >= 11 is 1.37. The summed E-state index contributed by atoms with van der Waals surface area (Å²) in [6.07, 6.45) is 0. The van der Waals surface area contributed by atoms with Crippen molar-refractivity contribution in [3.63, 3.8) is 0 Å². The van der Waals surface area contributed by atoms with Gasteiger partial charge in [-0.15, -0.1) is 11.3 Å². The van der Waals surface area contributed by atoms with Gasteiger partial charge in [0, 0.05) is 22.1 Å². The van der Waals surface area contributed by atoms with Crippen molar-refractivity contribution in [2.75, 3.05) is 0 Å². The molecule has 0 atom stereocenters. The zero-order valence-corrected chi connectivity index (χ0v) is 15.3. The molecule has 4 rings (SSSR count). The molecule has 0 aliphatic carbocycles. The Hall–Kier alpha value is -2.93. The Bertz CT molecular complexity index is 1110. The maximum Gasteiger partial charge on any atom is 0.211 e. The number of rotatable bonds is 3. The summed E-state index contributed by atoms with van der Waals surface area (Å²) in [5.74, 6) is -3.97. The van der Waals surface area contributed by atoms with Gasteiger partial charge in [-0.2, -0.15) is 5.10 Å². The molecule has 136 valence electrons. The van der Waals surface area contributed by atoms with Crippen molar-refractivity contribution in [1.82, 2.24) is 14.8 Å². The average molecular weight is 385 g/mol. The quantitative estimate of drug-likeness (QED) is 0.424. The van der Waals surface area contributed by atoms with E-state index in [1.165, 1.54) is 11.3 Å². The van der Waals surface area contributed by atoms with E-state index < -0.39 is 17.5 Å². The molecule has 0 bridgehead atoms. The Labute approximate surface area is 157 Å².